The molecular weight excluding hydrogens is 398 g/mol. The van der Waals surface area contributed by atoms with Crippen molar-refractivity contribution in [2.75, 3.05) is 23.9 Å². The van der Waals surface area contributed by atoms with Crippen molar-refractivity contribution in [2.24, 2.45) is 10.6 Å². The first kappa shape index (κ1) is 21.3. The third-order valence-electron chi connectivity index (χ3n) is 5.13. The molecule has 1 aromatic carbocycles. The fourth-order valence-electron chi connectivity index (χ4n) is 3.99. The summed E-state index contributed by atoms with van der Waals surface area (Å²) >= 11 is 0.980. The lowest BCUT2D eigenvalue weighted by atomic mass is 9.84. The van der Waals surface area contributed by atoms with Crippen LogP contribution < -0.4 is 20.1 Å². The van der Waals surface area contributed by atoms with Gasteiger partial charge in [-0.1, -0.05) is 13.8 Å². The van der Waals surface area contributed by atoms with Crippen LogP contribution in [0.2, 0.25) is 0 Å². The Kier molecular flexibility index (Phi) is 5.73. The average Bonchev–Trinajstić information content (AvgIpc) is 2.94. The molecule has 0 bridgehead atoms. The van der Waals surface area contributed by atoms with Crippen LogP contribution in [0.1, 0.15) is 27.2 Å². The molecule has 2 aromatic rings. The monoisotopic (exact) mass is 422 g/mol. The molecule has 29 heavy (non-hydrogen) atoms. The molecule has 1 atom stereocenters. The van der Waals surface area contributed by atoms with E-state index in [-0.39, 0.29) is 17.1 Å². The van der Waals surface area contributed by atoms with Gasteiger partial charge in [-0.3, -0.25) is 9.93 Å². The van der Waals surface area contributed by atoms with E-state index in [4.69, 9.17) is 9.88 Å². The minimum absolute atomic E-state index is 0.215. The SMILES string of the molecule is COc1c(N2CC(C)(C)CC2(C)C(=O)Nc2ccnc(SN)c2)ccc(F)c1F. The highest BCUT2D eigenvalue weighted by Gasteiger charge is 2.52. The Morgan fingerprint density at radius 1 is 1.31 bits per heavy atom. The fourth-order valence-corrected chi connectivity index (χ4v) is 4.30. The molecule has 1 fully saturated rings. The van der Waals surface area contributed by atoms with Crippen molar-refractivity contribution in [3.05, 3.63) is 42.1 Å². The number of amides is 1. The summed E-state index contributed by atoms with van der Waals surface area (Å²) in [4.78, 5) is 19.2. The lowest BCUT2D eigenvalue weighted by Crippen LogP contribution is -2.51. The van der Waals surface area contributed by atoms with E-state index in [0.29, 0.717) is 29.4 Å². The largest absolute Gasteiger partial charge is 0.491 e. The molecule has 1 aliphatic heterocycles. The molecule has 3 rings (SSSR count). The molecule has 1 saturated heterocycles. The summed E-state index contributed by atoms with van der Waals surface area (Å²) in [6.45, 7) is 6.32. The molecule has 2 heterocycles. The molecule has 9 heteroatoms. The Bertz CT molecular complexity index is 941. The second kappa shape index (κ2) is 7.79. The van der Waals surface area contributed by atoms with Crippen LogP contribution in [0, 0.1) is 17.0 Å². The highest BCUT2D eigenvalue weighted by molar-refractivity contribution is 7.97. The average molecular weight is 423 g/mol. The number of carbonyl (C=O) groups is 1. The number of nitrogens with two attached hydrogens (primary N) is 1. The van der Waals surface area contributed by atoms with Gasteiger partial charge in [0, 0.05) is 18.4 Å². The zero-order chi connectivity index (χ0) is 21.4. The summed E-state index contributed by atoms with van der Waals surface area (Å²) in [6, 6.07) is 5.84. The maximum Gasteiger partial charge on any atom is 0.249 e. The van der Waals surface area contributed by atoms with Crippen LogP contribution >= 0.6 is 11.9 Å². The van der Waals surface area contributed by atoms with E-state index in [0.717, 1.165) is 18.0 Å². The predicted molar refractivity (Wildman–Crippen MR) is 110 cm³/mol. The van der Waals surface area contributed by atoms with E-state index in [1.54, 1.807) is 30.2 Å². The zero-order valence-corrected chi connectivity index (χ0v) is 17.6. The van der Waals surface area contributed by atoms with Crippen LogP contribution in [0.15, 0.2) is 35.5 Å². The summed E-state index contributed by atoms with van der Waals surface area (Å²) in [6.07, 6.45) is 2.07. The Morgan fingerprint density at radius 2 is 2.03 bits per heavy atom. The molecular formula is C20H24F2N4O2S. The number of hydrogen-bond donors (Lipinski definition) is 2. The van der Waals surface area contributed by atoms with Gasteiger partial charge < -0.3 is 15.0 Å². The second-order valence-electron chi connectivity index (χ2n) is 8.07. The van der Waals surface area contributed by atoms with Crippen molar-refractivity contribution in [1.82, 2.24) is 4.98 Å². The molecule has 1 unspecified atom stereocenters. The molecule has 1 amide bonds. The third kappa shape index (κ3) is 4.02. The van der Waals surface area contributed by atoms with Gasteiger partial charge in [0.2, 0.25) is 11.7 Å². The normalized spacial score (nSPS) is 20.6. The number of ether oxygens (including phenoxy) is 1. The molecule has 3 N–H and O–H groups in total. The minimum atomic E-state index is -1.07. The lowest BCUT2D eigenvalue weighted by molar-refractivity contribution is -0.120. The number of anilines is 2. The molecule has 0 aliphatic carbocycles. The van der Waals surface area contributed by atoms with Crippen LogP contribution in [-0.2, 0) is 4.79 Å². The van der Waals surface area contributed by atoms with Crippen molar-refractivity contribution in [1.29, 1.82) is 0 Å². The maximum atomic E-state index is 14.3. The molecule has 0 radical (unpaired) electrons. The number of nitrogens with zero attached hydrogens (tertiary/aromatic N) is 2. The standard InChI is InChI=1S/C20H24F2N4O2S/c1-19(2)10-20(3,18(27)25-12-7-8-24-15(9-12)29-23)26(11-19)14-6-5-13(21)16(22)17(14)28-4/h5-9H,10-11,23H2,1-4H3,(H,24,25,27). The first-order valence-electron chi connectivity index (χ1n) is 9.05. The van der Waals surface area contributed by atoms with Crippen LogP contribution in [-0.4, -0.2) is 30.1 Å². The van der Waals surface area contributed by atoms with Gasteiger partial charge in [-0.25, -0.2) is 9.37 Å². The Balaban J connectivity index is 2.01. The van der Waals surface area contributed by atoms with Crippen molar-refractivity contribution in [3.8, 4) is 5.75 Å². The van der Waals surface area contributed by atoms with Crippen LogP contribution in [0.25, 0.3) is 0 Å². The summed E-state index contributed by atoms with van der Waals surface area (Å²) in [5, 5.41) is 9.01. The van der Waals surface area contributed by atoms with E-state index < -0.39 is 17.2 Å². The Labute approximate surface area is 173 Å². The first-order chi connectivity index (χ1) is 13.6. The number of rotatable bonds is 5. The molecule has 6 nitrogen and oxygen atoms in total. The number of carbonyl (C=O) groups excluding carboxylic acids is 1. The topological polar surface area (TPSA) is 80.5 Å². The van der Waals surface area contributed by atoms with Crippen LogP contribution in [0.4, 0.5) is 20.2 Å². The van der Waals surface area contributed by atoms with Gasteiger partial charge >= 0.3 is 0 Å². The number of methoxy groups -OCH3 is 1. The molecule has 1 aromatic heterocycles. The molecule has 1 aliphatic rings. The number of aromatic nitrogens is 1. The van der Waals surface area contributed by atoms with Gasteiger partial charge in [0.25, 0.3) is 0 Å². The smallest absolute Gasteiger partial charge is 0.249 e. The van der Waals surface area contributed by atoms with Gasteiger partial charge in [-0.05, 0) is 55.0 Å². The summed E-state index contributed by atoms with van der Waals surface area (Å²) in [5.74, 6) is -2.56. The number of halogens is 2. The first-order valence-corrected chi connectivity index (χ1v) is 9.93. The quantitative estimate of drug-likeness (QED) is 0.710. The van der Waals surface area contributed by atoms with E-state index in [9.17, 15) is 13.6 Å². The van der Waals surface area contributed by atoms with Gasteiger partial charge in [0.05, 0.1) is 12.8 Å². The van der Waals surface area contributed by atoms with E-state index in [1.807, 2.05) is 13.8 Å². The molecule has 0 saturated carbocycles. The highest BCUT2D eigenvalue weighted by Crippen LogP contribution is 2.47. The van der Waals surface area contributed by atoms with Crippen molar-refractivity contribution >= 4 is 29.2 Å². The summed E-state index contributed by atoms with van der Waals surface area (Å²) in [5.41, 5.74) is -0.359. The summed E-state index contributed by atoms with van der Waals surface area (Å²) in [7, 11) is 1.28. The van der Waals surface area contributed by atoms with Crippen LogP contribution in [0.3, 0.4) is 0 Å². The van der Waals surface area contributed by atoms with Crippen molar-refractivity contribution in [2.45, 2.75) is 37.8 Å². The number of pyridine rings is 1. The highest BCUT2D eigenvalue weighted by atomic mass is 32.2. The third-order valence-corrected chi connectivity index (χ3v) is 5.60. The van der Waals surface area contributed by atoms with E-state index in [2.05, 4.69) is 10.3 Å². The number of nitrogens with one attached hydrogen (secondary N) is 1. The minimum Gasteiger partial charge on any atom is -0.491 e. The number of benzene rings is 1. The second-order valence-corrected chi connectivity index (χ2v) is 8.72. The molecule has 156 valence electrons. The van der Waals surface area contributed by atoms with Gasteiger partial charge in [0.1, 0.15) is 10.6 Å². The van der Waals surface area contributed by atoms with E-state index in [1.165, 1.54) is 13.2 Å². The van der Waals surface area contributed by atoms with Gasteiger partial charge in [0.15, 0.2) is 11.6 Å². The van der Waals surface area contributed by atoms with Gasteiger partial charge in [-0.2, -0.15) is 4.39 Å². The number of hydrogen-bond acceptors (Lipinski definition) is 6. The Hall–Kier alpha value is -2.39. The fraction of sp³-hybridized carbons (Fsp3) is 0.400. The maximum absolute atomic E-state index is 14.3. The van der Waals surface area contributed by atoms with Crippen LogP contribution in [0.5, 0.6) is 5.75 Å². The Morgan fingerprint density at radius 3 is 2.69 bits per heavy atom. The van der Waals surface area contributed by atoms with Crippen molar-refractivity contribution in [3.63, 3.8) is 0 Å². The van der Waals surface area contributed by atoms with Gasteiger partial charge in [-0.15, -0.1) is 0 Å². The van der Waals surface area contributed by atoms with E-state index >= 15 is 0 Å². The van der Waals surface area contributed by atoms with Crippen molar-refractivity contribution < 1.29 is 18.3 Å². The predicted octanol–water partition coefficient (Wildman–Crippen LogP) is 3.97. The lowest BCUT2D eigenvalue weighted by Gasteiger charge is -2.36. The summed E-state index contributed by atoms with van der Waals surface area (Å²) < 4.78 is 33.2. The molecule has 0 spiro atoms. The zero-order valence-electron chi connectivity index (χ0n) is 16.8.